The van der Waals surface area contributed by atoms with Crippen LogP contribution >= 0.6 is 22.9 Å². The Labute approximate surface area is 133 Å². The van der Waals surface area contributed by atoms with Crippen LogP contribution in [0.4, 0.5) is 5.69 Å². The Morgan fingerprint density at radius 2 is 2.24 bits per heavy atom. The van der Waals surface area contributed by atoms with Crippen molar-refractivity contribution in [3.05, 3.63) is 51.2 Å². The highest BCUT2D eigenvalue weighted by atomic mass is 35.5. The van der Waals surface area contributed by atoms with Crippen LogP contribution in [0.5, 0.6) is 0 Å². The van der Waals surface area contributed by atoms with Gasteiger partial charge in [-0.2, -0.15) is 0 Å². The summed E-state index contributed by atoms with van der Waals surface area (Å²) in [7, 11) is 0. The summed E-state index contributed by atoms with van der Waals surface area (Å²) >= 11 is 7.34. The van der Waals surface area contributed by atoms with Crippen LogP contribution in [0.3, 0.4) is 0 Å². The van der Waals surface area contributed by atoms with Crippen molar-refractivity contribution in [2.45, 2.75) is 25.3 Å². The summed E-state index contributed by atoms with van der Waals surface area (Å²) in [6, 6.07) is 10.6. The highest BCUT2D eigenvalue weighted by Gasteiger charge is 2.17. The van der Waals surface area contributed by atoms with Crippen LogP contribution in [0.1, 0.15) is 28.8 Å². The number of nitrogens with one attached hydrogen (secondary N) is 2. The largest absolute Gasteiger partial charge is 0.382 e. The number of hydrogen-bond donors (Lipinski definition) is 2. The molecule has 3 rings (SSSR count). The van der Waals surface area contributed by atoms with Crippen LogP contribution in [-0.2, 0) is 6.42 Å². The van der Waals surface area contributed by atoms with Gasteiger partial charge in [0.25, 0.3) is 5.91 Å². The number of para-hydroxylation sites is 1. The maximum absolute atomic E-state index is 12.0. The summed E-state index contributed by atoms with van der Waals surface area (Å²) in [4.78, 5) is 12.0. The smallest absolute Gasteiger partial charge is 0.253 e. The van der Waals surface area contributed by atoms with Crippen molar-refractivity contribution in [1.29, 1.82) is 0 Å². The maximum Gasteiger partial charge on any atom is 0.253 e. The average Bonchev–Trinajstić information content (AvgIpc) is 2.93. The van der Waals surface area contributed by atoms with Gasteiger partial charge < -0.3 is 10.6 Å². The third kappa shape index (κ3) is 3.39. The number of hydrogen-bond acceptors (Lipinski definition) is 3. The molecule has 1 atom stereocenters. The molecule has 0 fully saturated rings. The minimum atomic E-state index is -0.0857. The van der Waals surface area contributed by atoms with E-state index in [2.05, 4.69) is 34.9 Å². The van der Waals surface area contributed by atoms with Crippen LogP contribution in [0, 0.1) is 0 Å². The monoisotopic (exact) mass is 320 g/mol. The van der Waals surface area contributed by atoms with E-state index >= 15 is 0 Å². The molecular weight excluding hydrogens is 304 g/mol. The van der Waals surface area contributed by atoms with Crippen LogP contribution in [0.2, 0.25) is 4.34 Å². The first-order valence-electron chi connectivity index (χ1n) is 7.09. The van der Waals surface area contributed by atoms with E-state index in [4.69, 9.17) is 11.6 Å². The predicted molar refractivity (Wildman–Crippen MR) is 88.5 cm³/mol. The molecule has 0 bridgehead atoms. The molecule has 0 saturated carbocycles. The molecular formula is C16H17ClN2OS. The molecule has 0 spiro atoms. The Bertz CT molecular complexity index is 641. The van der Waals surface area contributed by atoms with E-state index in [1.807, 2.05) is 5.38 Å². The van der Waals surface area contributed by atoms with Gasteiger partial charge in [0.1, 0.15) is 4.34 Å². The Balaban J connectivity index is 1.49. The molecule has 3 nitrogen and oxygen atoms in total. The zero-order chi connectivity index (χ0) is 14.7. The third-order valence-corrected chi connectivity index (χ3v) is 4.95. The Morgan fingerprint density at radius 1 is 1.38 bits per heavy atom. The molecule has 0 saturated heterocycles. The van der Waals surface area contributed by atoms with Crippen molar-refractivity contribution in [2.75, 3.05) is 11.9 Å². The lowest BCUT2D eigenvalue weighted by Gasteiger charge is -2.27. The molecule has 21 heavy (non-hydrogen) atoms. The first-order chi connectivity index (χ1) is 10.2. The first-order valence-corrected chi connectivity index (χ1v) is 8.35. The zero-order valence-corrected chi connectivity index (χ0v) is 13.1. The van der Waals surface area contributed by atoms with Crippen LogP contribution in [0.15, 0.2) is 35.7 Å². The number of anilines is 1. The van der Waals surface area contributed by atoms with E-state index in [1.165, 1.54) is 22.6 Å². The van der Waals surface area contributed by atoms with E-state index in [0.29, 0.717) is 22.5 Å². The van der Waals surface area contributed by atoms with Crippen molar-refractivity contribution in [2.24, 2.45) is 0 Å². The lowest BCUT2D eigenvalue weighted by molar-refractivity contribution is 0.0953. The molecule has 5 heteroatoms. The number of aryl methyl sites for hydroxylation is 1. The average molecular weight is 321 g/mol. The molecule has 1 aromatic heterocycles. The predicted octanol–water partition coefficient (Wildman–Crippen LogP) is 3.95. The van der Waals surface area contributed by atoms with Gasteiger partial charge in [-0.15, -0.1) is 11.3 Å². The molecule has 1 aliphatic rings. The zero-order valence-electron chi connectivity index (χ0n) is 11.6. The van der Waals surface area contributed by atoms with Crippen molar-refractivity contribution in [3.63, 3.8) is 0 Å². The Kier molecular flexibility index (Phi) is 4.46. The molecule has 1 aromatic carbocycles. The Morgan fingerprint density at radius 3 is 3.05 bits per heavy atom. The lowest BCUT2D eigenvalue weighted by atomic mass is 9.96. The molecule has 2 N–H and O–H groups in total. The topological polar surface area (TPSA) is 41.1 Å². The number of thiophene rings is 1. The minimum absolute atomic E-state index is 0.0857. The lowest BCUT2D eigenvalue weighted by Crippen LogP contribution is -2.32. The number of carbonyl (C=O) groups excluding carboxylic acids is 1. The van der Waals surface area contributed by atoms with Gasteiger partial charge in [-0.3, -0.25) is 4.79 Å². The van der Waals surface area contributed by atoms with Gasteiger partial charge >= 0.3 is 0 Å². The van der Waals surface area contributed by atoms with Gasteiger partial charge in [0.05, 0.1) is 5.56 Å². The summed E-state index contributed by atoms with van der Waals surface area (Å²) < 4.78 is 0.553. The molecule has 110 valence electrons. The van der Waals surface area contributed by atoms with Crippen molar-refractivity contribution in [3.8, 4) is 0 Å². The molecule has 2 heterocycles. The van der Waals surface area contributed by atoms with Gasteiger partial charge in [-0.25, -0.2) is 0 Å². The second kappa shape index (κ2) is 6.50. The highest BCUT2D eigenvalue weighted by Crippen LogP contribution is 2.25. The van der Waals surface area contributed by atoms with Crippen LogP contribution in [-0.4, -0.2) is 18.5 Å². The highest BCUT2D eigenvalue weighted by molar-refractivity contribution is 7.14. The van der Waals surface area contributed by atoms with Crippen LogP contribution < -0.4 is 10.6 Å². The first kappa shape index (κ1) is 14.4. The Hall–Kier alpha value is -1.52. The number of amides is 1. The van der Waals surface area contributed by atoms with Gasteiger partial charge in [-0.05, 0) is 42.3 Å². The molecule has 0 aliphatic carbocycles. The van der Waals surface area contributed by atoms with Gasteiger partial charge in [0.2, 0.25) is 0 Å². The molecule has 1 amide bonds. The van der Waals surface area contributed by atoms with Crippen LogP contribution in [0.25, 0.3) is 0 Å². The minimum Gasteiger partial charge on any atom is -0.382 e. The SMILES string of the molecule is O=C(NCCC1CCc2ccccc2N1)c1ccsc1Cl. The molecule has 1 unspecified atom stereocenters. The summed E-state index contributed by atoms with van der Waals surface area (Å²) in [6.07, 6.45) is 3.12. The summed E-state index contributed by atoms with van der Waals surface area (Å²) in [5.74, 6) is -0.0857. The van der Waals surface area contributed by atoms with Crippen molar-refractivity contribution >= 4 is 34.5 Å². The fourth-order valence-corrected chi connectivity index (χ4v) is 3.54. The van der Waals surface area contributed by atoms with Crippen molar-refractivity contribution < 1.29 is 4.79 Å². The van der Waals surface area contributed by atoms with E-state index in [0.717, 1.165) is 19.3 Å². The fraction of sp³-hybridized carbons (Fsp3) is 0.312. The molecule has 0 radical (unpaired) electrons. The standard InChI is InChI=1S/C16H17ClN2OS/c17-15-13(8-10-21-15)16(20)18-9-7-12-6-5-11-3-1-2-4-14(11)19-12/h1-4,8,10,12,19H,5-7,9H2,(H,18,20). The third-order valence-electron chi connectivity index (χ3n) is 3.78. The second-order valence-corrected chi connectivity index (χ2v) is 6.71. The number of carbonyl (C=O) groups is 1. The number of halogens is 1. The van der Waals surface area contributed by atoms with Gasteiger partial charge in [0.15, 0.2) is 0 Å². The summed E-state index contributed by atoms with van der Waals surface area (Å²) in [5.41, 5.74) is 3.17. The van der Waals surface area contributed by atoms with Crippen molar-refractivity contribution in [1.82, 2.24) is 5.32 Å². The molecule has 1 aliphatic heterocycles. The fourth-order valence-electron chi connectivity index (χ4n) is 2.63. The van der Waals surface area contributed by atoms with E-state index in [9.17, 15) is 4.79 Å². The van der Waals surface area contributed by atoms with E-state index in [-0.39, 0.29) is 5.91 Å². The second-order valence-electron chi connectivity index (χ2n) is 5.19. The number of fused-ring (bicyclic) bond motifs is 1. The number of benzene rings is 1. The van der Waals surface area contributed by atoms with Gasteiger partial charge in [0, 0.05) is 18.3 Å². The molecule has 2 aromatic rings. The normalized spacial score (nSPS) is 16.9. The quantitative estimate of drug-likeness (QED) is 0.895. The summed E-state index contributed by atoms with van der Waals surface area (Å²) in [6.45, 7) is 0.658. The maximum atomic E-state index is 12.0. The summed E-state index contributed by atoms with van der Waals surface area (Å²) in [5, 5.41) is 8.31. The van der Waals surface area contributed by atoms with E-state index < -0.39 is 0 Å². The van der Waals surface area contributed by atoms with Gasteiger partial charge in [-0.1, -0.05) is 29.8 Å². The number of rotatable bonds is 4. The van der Waals surface area contributed by atoms with E-state index in [1.54, 1.807) is 6.07 Å².